The molecule has 2 aromatic rings. The number of nitrogens with zero attached hydrogens (tertiary/aromatic N) is 1. The van der Waals surface area contributed by atoms with Gasteiger partial charge in [0.05, 0.1) is 14.4 Å². The molecule has 0 spiro atoms. The number of hydrogen-bond donors (Lipinski definition) is 1. The van der Waals surface area contributed by atoms with Crippen molar-refractivity contribution in [3.8, 4) is 10.7 Å². The molecular weight excluding hydrogens is 344 g/mol. The molecule has 0 saturated heterocycles. The van der Waals surface area contributed by atoms with Gasteiger partial charge in [-0.15, -0.1) is 11.3 Å². The molecule has 1 N–H and O–H groups in total. The number of thiophene rings is 1. The standard InChI is InChI=1S/C9H6Br2N2OS/c1-4-7(11)9(14)13-8(12-4)5-2-3-6(10)15-5/h2-3H,1H3,(H,12,13,14). The van der Waals surface area contributed by atoms with Crippen molar-refractivity contribution in [3.05, 3.63) is 36.4 Å². The number of halogens is 2. The minimum Gasteiger partial charge on any atom is -0.305 e. The molecule has 0 radical (unpaired) electrons. The van der Waals surface area contributed by atoms with Gasteiger partial charge in [0, 0.05) is 0 Å². The smallest absolute Gasteiger partial charge is 0.265 e. The van der Waals surface area contributed by atoms with Crippen molar-refractivity contribution in [1.29, 1.82) is 0 Å². The summed E-state index contributed by atoms with van der Waals surface area (Å²) >= 11 is 8.08. The number of nitrogens with one attached hydrogen (secondary N) is 1. The largest absolute Gasteiger partial charge is 0.305 e. The third-order valence-corrected chi connectivity index (χ3v) is 4.40. The van der Waals surface area contributed by atoms with Crippen molar-refractivity contribution in [3.63, 3.8) is 0 Å². The highest BCUT2D eigenvalue weighted by Crippen LogP contribution is 2.28. The summed E-state index contributed by atoms with van der Waals surface area (Å²) in [4.78, 5) is 19.5. The highest BCUT2D eigenvalue weighted by atomic mass is 79.9. The SMILES string of the molecule is Cc1nc(-c2ccc(Br)s2)[nH]c(=O)c1Br. The summed E-state index contributed by atoms with van der Waals surface area (Å²) < 4.78 is 1.50. The first kappa shape index (κ1) is 11.0. The Kier molecular flexibility index (Phi) is 3.08. The highest BCUT2D eigenvalue weighted by molar-refractivity contribution is 9.11. The van der Waals surface area contributed by atoms with Gasteiger partial charge in [0.2, 0.25) is 0 Å². The molecule has 0 aliphatic rings. The first-order chi connectivity index (χ1) is 7.08. The molecule has 0 unspecified atom stereocenters. The molecule has 6 heteroatoms. The predicted octanol–water partition coefficient (Wildman–Crippen LogP) is 3.33. The fourth-order valence-corrected chi connectivity index (χ4v) is 2.65. The number of aromatic nitrogens is 2. The van der Waals surface area contributed by atoms with Crippen molar-refractivity contribution < 1.29 is 0 Å². The number of aromatic amines is 1. The van der Waals surface area contributed by atoms with E-state index < -0.39 is 0 Å². The van der Waals surface area contributed by atoms with Gasteiger partial charge in [-0.2, -0.15) is 0 Å². The summed E-state index contributed by atoms with van der Waals surface area (Å²) in [7, 11) is 0. The summed E-state index contributed by atoms with van der Waals surface area (Å²) in [5.41, 5.74) is 0.542. The Balaban J connectivity index is 2.60. The Labute approximate surface area is 107 Å². The van der Waals surface area contributed by atoms with E-state index in [0.29, 0.717) is 16.0 Å². The molecule has 3 nitrogen and oxygen atoms in total. The number of rotatable bonds is 1. The Hall–Kier alpha value is -0.460. The van der Waals surface area contributed by atoms with E-state index in [4.69, 9.17) is 0 Å². The van der Waals surface area contributed by atoms with Crippen LogP contribution in [-0.2, 0) is 0 Å². The van der Waals surface area contributed by atoms with Crippen LogP contribution in [0.4, 0.5) is 0 Å². The minimum absolute atomic E-state index is 0.151. The van der Waals surface area contributed by atoms with Crippen molar-refractivity contribution in [1.82, 2.24) is 9.97 Å². The van der Waals surface area contributed by atoms with Crippen LogP contribution < -0.4 is 5.56 Å². The Morgan fingerprint density at radius 1 is 1.40 bits per heavy atom. The lowest BCUT2D eigenvalue weighted by Gasteiger charge is -2.00. The lowest BCUT2D eigenvalue weighted by molar-refractivity contribution is 1.06. The normalized spacial score (nSPS) is 10.6. The maximum Gasteiger partial charge on any atom is 0.265 e. The average molecular weight is 350 g/mol. The second kappa shape index (κ2) is 4.19. The lowest BCUT2D eigenvalue weighted by atomic mass is 10.4. The number of aryl methyl sites for hydroxylation is 1. The highest BCUT2D eigenvalue weighted by Gasteiger charge is 2.08. The van der Waals surface area contributed by atoms with Gasteiger partial charge in [-0.1, -0.05) is 0 Å². The lowest BCUT2D eigenvalue weighted by Crippen LogP contribution is -2.11. The van der Waals surface area contributed by atoms with E-state index in [2.05, 4.69) is 41.8 Å². The van der Waals surface area contributed by atoms with Gasteiger partial charge >= 0.3 is 0 Å². The second-order valence-corrected chi connectivity index (χ2v) is 6.17. The van der Waals surface area contributed by atoms with Crippen LogP contribution in [0.2, 0.25) is 0 Å². The topological polar surface area (TPSA) is 45.8 Å². The van der Waals surface area contributed by atoms with E-state index in [0.717, 1.165) is 8.66 Å². The minimum atomic E-state index is -0.151. The van der Waals surface area contributed by atoms with Crippen LogP contribution in [0.3, 0.4) is 0 Å². The molecule has 0 aliphatic heterocycles. The van der Waals surface area contributed by atoms with Crippen LogP contribution in [-0.4, -0.2) is 9.97 Å². The van der Waals surface area contributed by atoms with Gasteiger partial charge < -0.3 is 4.98 Å². The van der Waals surface area contributed by atoms with Crippen LogP contribution in [0.1, 0.15) is 5.69 Å². The molecule has 0 amide bonds. The van der Waals surface area contributed by atoms with Crippen molar-refractivity contribution in [2.45, 2.75) is 6.92 Å². The van der Waals surface area contributed by atoms with Crippen LogP contribution in [0.5, 0.6) is 0 Å². The van der Waals surface area contributed by atoms with Crippen LogP contribution in [0.15, 0.2) is 25.2 Å². The summed E-state index contributed by atoms with van der Waals surface area (Å²) in [5, 5.41) is 0. The van der Waals surface area contributed by atoms with Crippen molar-refractivity contribution in [2.24, 2.45) is 0 Å². The summed E-state index contributed by atoms with van der Waals surface area (Å²) in [6, 6.07) is 3.84. The molecule has 0 atom stereocenters. The number of H-pyrrole nitrogens is 1. The zero-order valence-electron chi connectivity index (χ0n) is 7.67. The molecule has 0 aliphatic carbocycles. The van der Waals surface area contributed by atoms with E-state index in [1.165, 1.54) is 11.3 Å². The second-order valence-electron chi connectivity index (χ2n) is 2.92. The maximum absolute atomic E-state index is 11.5. The molecule has 78 valence electrons. The summed E-state index contributed by atoms with van der Waals surface area (Å²) in [6.07, 6.45) is 0. The summed E-state index contributed by atoms with van der Waals surface area (Å²) in [5.74, 6) is 0.608. The molecule has 0 aromatic carbocycles. The molecule has 15 heavy (non-hydrogen) atoms. The zero-order valence-corrected chi connectivity index (χ0v) is 11.7. The van der Waals surface area contributed by atoms with Gasteiger partial charge in [-0.05, 0) is 50.9 Å². The number of hydrogen-bond acceptors (Lipinski definition) is 3. The average Bonchev–Trinajstić information content (AvgIpc) is 2.60. The quantitative estimate of drug-likeness (QED) is 0.858. The van der Waals surface area contributed by atoms with E-state index in [1.54, 1.807) is 6.92 Å². The molecule has 2 heterocycles. The molecule has 2 aromatic heterocycles. The van der Waals surface area contributed by atoms with Gasteiger partial charge in [0.1, 0.15) is 4.47 Å². The van der Waals surface area contributed by atoms with Gasteiger partial charge in [0.15, 0.2) is 5.82 Å². The van der Waals surface area contributed by atoms with Gasteiger partial charge in [-0.3, -0.25) is 4.79 Å². The van der Waals surface area contributed by atoms with Gasteiger partial charge in [0.25, 0.3) is 5.56 Å². The molecule has 2 rings (SSSR count). The van der Waals surface area contributed by atoms with E-state index in [9.17, 15) is 4.79 Å². The molecule has 0 saturated carbocycles. The van der Waals surface area contributed by atoms with Crippen molar-refractivity contribution >= 4 is 43.2 Å². The van der Waals surface area contributed by atoms with Crippen LogP contribution in [0.25, 0.3) is 10.7 Å². The van der Waals surface area contributed by atoms with Crippen LogP contribution >= 0.6 is 43.2 Å². The van der Waals surface area contributed by atoms with E-state index >= 15 is 0 Å². The molecule has 0 fully saturated rings. The third-order valence-electron chi connectivity index (χ3n) is 1.84. The first-order valence-electron chi connectivity index (χ1n) is 4.10. The first-order valence-corrected chi connectivity index (χ1v) is 6.50. The van der Waals surface area contributed by atoms with E-state index in [1.807, 2.05) is 12.1 Å². The van der Waals surface area contributed by atoms with Gasteiger partial charge in [-0.25, -0.2) is 4.98 Å². The van der Waals surface area contributed by atoms with Crippen LogP contribution in [0, 0.1) is 6.92 Å². The molecule has 0 bridgehead atoms. The maximum atomic E-state index is 11.5. The Bertz CT molecular complexity index is 561. The monoisotopic (exact) mass is 348 g/mol. The fourth-order valence-electron chi connectivity index (χ4n) is 1.13. The molecular formula is C9H6Br2N2OS. The fraction of sp³-hybridized carbons (Fsp3) is 0.111. The third kappa shape index (κ3) is 2.21. The van der Waals surface area contributed by atoms with Crippen molar-refractivity contribution in [2.75, 3.05) is 0 Å². The Morgan fingerprint density at radius 3 is 2.67 bits per heavy atom. The zero-order chi connectivity index (χ0) is 11.0. The predicted molar refractivity (Wildman–Crippen MR) is 68.3 cm³/mol. The summed E-state index contributed by atoms with van der Waals surface area (Å²) in [6.45, 7) is 1.80. The van der Waals surface area contributed by atoms with E-state index in [-0.39, 0.29) is 5.56 Å². The Morgan fingerprint density at radius 2 is 2.13 bits per heavy atom.